The molecule has 0 aromatic heterocycles. The largest absolute Gasteiger partial charge is 0.481 e. The van der Waals surface area contributed by atoms with Crippen LogP contribution >= 0.6 is 0 Å². The number of carboxylic acid groups (broad SMARTS) is 1. The van der Waals surface area contributed by atoms with Gasteiger partial charge in [-0.2, -0.15) is 0 Å². The number of hydrogen-bond donors (Lipinski definition) is 1. The molecule has 2 nitrogen and oxygen atoms in total. The predicted molar refractivity (Wildman–Crippen MR) is 98.8 cm³/mol. The van der Waals surface area contributed by atoms with Gasteiger partial charge in [-0.25, -0.2) is 0 Å². The van der Waals surface area contributed by atoms with Gasteiger partial charge in [0, 0.05) is 0 Å². The van der Waals surface area contributed by atoms with E-state index >= 15 is 0 Å². The van der Waals surface area contributed by atoms with Crippen LogP contribution in [0.2, 0.25) is 0 Å². The van der Waals surface area contributed by atoms with Gasteiger partial charge in [-0.05, 0) is 31.6 Å². The molecule has 0 saturated heterocycles. The van der Waals surface area contributed by atoms with E-state index in [1.54, 1.807) is 0 Å². The summed E-state index contributed by atoms with van der Waals surface area (Å²) in [4.78, 5) is 12.1. The van der Waals surface area contributed by atoms with Crippen LogP contribution in [-0.2, 0) is 4.79 Å². The fourth-order valence-electron chi connectivity index (χ4n) is 4.49. The Labute approximate surface area is 144 Å². The molecule has 1 aliphatic rings. The van der Waals surface area contributed by atoms with Gasteiger partial charge in [0.25, 0.3) is 0 Å². The summed E-state index contributed by atoms with van der Waals surface area (Å²) in [5.41, 5.74) is -0.394. The monoisotopic (exact) mass is 324 g/mol. The highest BCUT2D eigenvalue weighted by Crippen LogP contribution is 2.47. The Balaban J connectivity index is 2.50. The lowest BCUT2D eigenvalue weighted by atomic mass is 9.62. The number of rotatable bonds is 13. The van der Waals surface area contributed by atoms with Crippen molar-refractivity contribution in [3.63, 3.8) is 0 Å². The number of aliphatic carboxylic acids is 1. The summed E-state index contributed by atoms with van der Waals surface area (Å²) in [6.07, 6.45) is 19.1. The van der Waals surface area contributed by atoms with Gasteiger partial charge in [0.1, 0.15) is 0 Å². The topological polar surface area (TPSA) is 37.3 Å². The summed E-state index contributed by atoms with van der Waals surface area (Å²) in [6.45, 7) is 4.48. The van der Waals surface area contributed by atoms with Gasteiger partial charge < -0.3 is 5.11 Å². The van der Waals surface area contributed by atoms with E-state index in [4.69, 9.17) is 0 Å². The molecule has 1 N–H and O–H groups in total. The highest BCUT2D eigenvalue weighted by atomic mass is 16.4. The Morgan fingerprint density at radius 2 is 1.52 bits per heavy atom. The van der Waals surface area contributed by atoms with Crippen LogP contribution in [0.4, 0.5) is 0 Å². The zero-order valence-electron chi connectivity index (χ0n) is 15.7. The van der Waals surface area contributed by atoms with E-state index in [9.17, 15) is 9.90 Å². The average molecular weight is 325 g/mol. The van der Waals surface area contributed by atoms with E-state index in [1.807, 2.05) is 0 Å². The Hall–Kier alpha value is -0.530. The Bertz CT molecular complexity index is 313. The molecule has 1 aliphatic carbocycles. The number of carboxylic acids is 1. The van der Waals surface area contributed by atoms with Crippen LogP contribution in [0.1, 0.15) is 117 Å². The summed E-state index contributed by atoms with van der Waals surface area (Å²) in [5, 5.41) is 10.0. The van der Waals surface area contributed by atoms with Gasteiger partial charge in [0.2, 0.25) is 0 Å². The molecule has 0 amide bonds. The second kappa shape index (κ2) is 11.9. The van der Waals surface area contributed by atoms with Crippen LogP contribution < -0.4 is 0 Å². The molecule has 0 radical (unpaired) electrons. The molecule has 2 heteroatoms. The fraction of sp³-hybridized carbons (Fsp3) is 0.952. The lowest BCUT2D eigenvalue weighted by Gasteiger charge is -2.41. The highest BCUT2D eigenvalue weighted by molar-refractivity contribution is 5.75. The van der Waals surface area contributed by atoms with Crippen LogP contribution in [0.25, 0.3) is 0 Å². The smallest absolute Gasteiger partial charge is 0.309 e. The first-order valence-electron chi connectivity index (χ1n) is 10.4. The number of unbranched alkanes of at least 4 members (excludes halogenated alkanes) is 8. The third-order valence-electron chi connectivity index (χ3n) is 6.02. The molecule has 0 aliphatic heterocycles. The Morgan fingerprint density at radius 1 is 0.913 bits per heavy atom. The molecule has 0 bridgehead atoms. The summed E-state index contributed by atoms with van der Waals surface area (Å²) >= 11 is 0. The van der Waals surface area contributed by atoms with E-state index in [2.05, 4.69) is 13.8 Å². The Kier molecular flexibility index (Phi) is 10.6. The van der Waals surface area contributed by atoms with Gasteiger partial charge in [-0.15, -0.1) is 0 Å². The van der Waals surface area contributed by atoms with Crippen molar-refractivity contribution in [1.29, 1.82) is 0 Å². The van der Waals surface area contributed by atoms with Crippen molar-refractivity contribution < 1.29 is 9.90 Å². The van der Waals surface area contributed by atoms with Crippen molar-refractivity contribution >= 4 is 5.97 Å². The van der Waals surface area contributed by atoms with Crippen molar-refractivity contribution in [2.45, 2.75) is 117 Å². The molecule has 0 heterocycles. The summed E-state index contributed by atoms with van der Waals surface area (Å²) in [5.74, 6) is -0.0622. The van der Waals surface area contributed by atoms with Crippen molar-refractivity contribution in [2.24, 2.45) is 11.3 Å². The second-order valence-corrected chi connectivity index (χ2v) is 7.77. The quantitative estimate of drug-likeness (QED) is 0.371. The molecule has 1 saturated carbocycles. The average Bonchev–Trinajstić information content (AvgIpc) is 2.55. The van der Waals surface area contributed by atoms with Crippen molar-refractivity contribution in [1.82, 2.24) is 0 Å². The summed E-state index contributed by atoms with van der Waals surface area (Å²) in [7, 11) is 0. The number of hydrogen-bond acceptors (Lipinski definition) is 1. The van der Waals surface area contributed by atoms with Gasteiger partial charge in [0.05, 0.1) is 5.41 Å². The SMILES string of the molecule is CCCCCCCC1CCCCC1(CCCCCCC)C(=O)O. The molecule has 0 spiro atoms. The van der Waals surface area contributed by atoms with E-state index < -0.39 is 11.4 Å². The van der Waals surface area contributed by atoms with E-state index in [0.29, 0.717) is 5.92 Å². The van der Waals surface area contributed by atoms with E-state index in [1.165, 1.54) is 64.2 Å². The minimum Gasteiger partial charge on any atom is -0.481 e. The van der Waals surface area contributed by atoms with Gasteiger partial charge in [-0.1, -0.05) is 90.9 Å². The summed E-state index contributed by atoms with van der Waals surface area (Å²) < 4.78 is 0. The van der Waals surface area contributed by atoms with Crippen LogP contribution in [0.3, 0.4) is 0 Å². The summed E-state index contributed by atoms with van der Waals surface area (Å²) in [6, 6.07) is 0. The molecule has 1 rings (SSSR count). The van der Waals surface area contributed by atoms with Crippen molar-refractivity contribution in [3.8, 4) is 0 Å². The molecular formula is C21H40O2. The standard InChI is InChI=1S/C21H40O2/c1-3-5-7-9-11-15-19-16-12-14-18-21(19,20(22)23)17-13-10-8-6-4-2/h19H,3-18H2,1-2H3,(H,22,23). The fourth-order valence-corrected chi connectivity index (χ4v) is 4.49. The third kappa shape index (κ3) is 6.85. The second-order valence-electron chi connectivity index (χ2n) is 7.77. The highest BCUT2D eigenvalue weighted by Gasteiger charge is 2.45. The van der Waals surface area contributed by atoms with Gasteiger partial charge in [-0.3, -0.25) is 4.79 Å². The first-order valence-corrected chi connectivity index (χ1v) is 10.4. The number of carbonyl (C=O) groups is 1. The zero-order chi connectivity index (χ0) is 17.0. The molecule has 2 unspecified atom stereocenters. The normalized spacial score (nSPS) is 24.7. The molecule has 1 fully saturated rings. The van der Waals surface area contributed by atoms with E-state index in [0.717, 1.165) is 38.5 Å². The molecule has 0 aromatic carbocycles. The predicted octanol–water partition coefficient (Wildman–Crippen LogP) is 6.97. The molecule has 0 aromatic rings. The molecule has 2 atom stereocenters. The molecular weight excluding hydrogens is 284 g/mol. The maximum Gasteiger partial charge on any atom is 0.309 e. The maximum absolute atomic E-state index is 12.1. The minimum absolute atomic E-state index is 0.394. The first-order chi connectivity index (χ1) is 11.2. The van der Waals surface area contributed by atoms with Crippen LogP contribution in [0.5, 0.6) is 0 Å². The molecule has 136 valence electrons. The minimum atomic E-state index is -0.494. The third-order valence-corrected chi connectivity index (χ3v) is 6.02. The van der Waals surface area contributed by atoms with Crippen molar-refractivity contribution in [2.75, 3.05) is 0 Å². The maximum atomic E-state index is 12.1. The Morgan fingerprint density at radius 3 is 2.13 bits per heavy atom. The van der Waals surface area contributed by atoms with Gasteiger partial charge in [0.15, 0.2) is 0 Å². The van der Waals surface area contributed by atoms with Crippen molar-refractivity contribution in [3.05, 3.63) is 0 Å². The lowest BCUT2D eigenvalue weighted by molar-refractivity contribution is -0.156. The van der Waals surface area contributed by atoms with Crippen LogP contribution in [0.15, 0.2) is 0 Å². The van der Waals surface area contributed by atoms with Gasteiger partial charge >= 0.3 is 5.97 Å². The lowest BCUT2D eigenvalue weighted by Crippen LogP contribution is -2.41. The van der Waals surface area contributed by atoms with Crippen LogP contribution in [0, 0.1) is 11.3 Å². The zero-order valence-corrected chi connectivity index (χ0v) is 15.7. The molecule has 23 heavy (non-hydrogen) atoms. The first kappa shape index (κ1) is 20.5. The van der Waals surface area contributed by atoms with Crippen LogP contribution in [-0.4, -0.2) is 11.1 Å². The van der Waals surface area contributed by atoms with E-state index in [-0.39, 0.29) is 0 Å².